The monoisotopic (exact) mass is 1690 g/mol. The lowest BCUT2D eigenvalue weighted by molar-refractivity contribution is -0.131. The molecule has 16 heterocycles. The largest absolute Gasteiger partial charge is 0.508 e. The minimum Gasteiger partial charge on any atom is -0.508 e. The normalized spacial score (nSPS) is 16.8. The summed E-state index contributed by atoms with van der Waals surface area (Å²) in [4.78, 5) is 75.2. The molecule has 3 atom stereocenters. The number of rotatable bonds is 25. The Morgan fingerprint density at radius 2 is 0.858 bits per heavy atom. The van der Waals surface area contributed by atoms with Gasteiger partial charge in [0.05, 0.1) is 88.4 Å². The van der Waals surface area contributed by atoms with Gasteiger partial charge in [0.2, 0.25) is 17.7 Å². The van der Waals surface area contributed by atoms with Crippen LogP contribution in [0.3, 0.4) is 0 Å². The number of aromatic hydroxyl groups is 2. The van der Waals surface area contributed by atoms with Crippen molar-refractivity contribution in [1.29, 1.82) is 0 Å². The number of likely N-dealkylation sites (tertiary alicyclic amines) is 3. The first kappa shape index (κ1) is 82.2. The van der Waals surface area contributed by atoms with Gasteiger partial charge in [0, 0.05) is 136 Å². The number of thioether (sulfide) groups is 1. The fourth-order valence-corrected chi connectivity index (χ4v) is 18.6. The first-order valence-corrected chi connectivity index (χ1v) is 44.2. The number of para-hydroxylation sites is 1. The Kier molecular flexibility index (Phi) is 25.9. The molecule has 36 heteroatoms. The smallest absolute Gasteiger partial charge is 0.244 e. The molecule has 3 amide bonds. The van der Waals surface area contributed by atoms with Crippen LogP contribution in [0.5, 0.6) is 11.5 Å². The van der Waals surface area contributed by atoms with E-state index in [1.807, 2.05) is 100 Å². The van der Waals surface area contributed by atoms with Crippen molar-refractivity contribution in [1.82, 2.24) is 116 Å². The molecular weight excluding hydrogens is 1600 g/mol. The van der Waals surface area contributed by atoms with Crippen molar-refractivity contribution >= 4 is 113 Å². The molecule has 4 aliphatic rings. The number of aromatic nitrogens is 18. The molecule has 2 aromatic carbocycles. The molecule has 4 saturated heterocycles. The van der Waals surface area contributed by atoms with Crippen LogP contribution in [0.2, 0.25) is 0 Å². The predicted molar refractivity (Wildman–Crippen MR) is 468 cm³/mol. The fourth-order valence-electron chi connectivity index (χ4n) is 15.8. The van der Waals surface area contributed by atoms with Gasteiger partial charge in [-0.3, -0.25) is 56.3 Å². The second-order valence-corrected chi connectivity index (χ2v) is 35.3. The highest BCUT2D eigenvalue weighted by Crippen LogP contribution is 2.34. The number of fused-ring (bicyclic) bond motifs is 3. The van der Waals surface area contributed by atoms with Crippen LogP contribution in [-0.4, -0.2) is 197 Å². The molecule has 0 spiro atoms. The van der Waals surface area contributed by atoms with E-state index in [1.54, 1.807) is 87.5 Å². The Balaban J connectivity index is 0.000000134. The van der Waals surface area contributed by atoms with Crippen molar-refractivity contribution in [2.45, 2.75) is 132 Å². The van der Waals surface area contributed by atoms with Gasteiger partial charge in [-0.05, 0) is 173 Å². The average Bonchev–Trinajstić information content (AvgIpc) is 1.63. The lowest BCUT2D eigenvalue weighted by atomic mass is 10.0. The van der Waals surface area contributed by atoms with Crippen molar-refractivity contribution in [2.75, 3.05) is 79.8 Å². The first-order valence-electron chi connectivity index (χ1n) is 40.7. The zero-order chi connectivity index (χ0) is 82.8. The third-order valence-electron chi connectivity index (χ3n) is 21.6. The number of hydrogen-bond donors (Lipinski definition) is 7. The van der Waals surface area contributed by atoms with Gasteiger partial charge in [-0.2, -0.15) is 40.2 Å². The number of piperidine rings is 3. The van der Waals surface area contributed by atoms with Crippen LogP contribution < -0.4 is 26.6 Å². The molecule has 624 valence electrons. The molecule has 0 bridgehead atoms. The van der Waals surface area contributed by atoms with Gasteiger partial charge in [0.1, 0.15) is 46.1 Å². The van der Waals surface area contributed by atoms with Crippen molar-refractivity contribution in [3.8, 4) is 45.3 Å². The number of imidazole rings is 3. The second-order valence-electron chi connectivity index (χ2n) is 31.7. The molecule has 3 unspecified atom stereocenters. The number of nitrogens with zero attached hydrogens (tertiary/aromatic N) is 22. The number of nitrogens with one attached hydrogen (secondary N) is 5. The van der Waals surface area contributed by atoms with Gasteiger partial charge in [0.15, 0.2) is 34.4 Å². The lowest BCUT2D eigenvalue weighted by Crippen LogP contribution is -2.39. The van der Waals surface area contributed by atoms with Crippen molar-refractivity contribution < 1.29 is 24.6 Å². The average molecular weight is 1700 g/mol. The third-order valence-corrected chi connectivity index (χ3v) is 24.7. The molecule has 0 radical (unpaired) electrons. The highest BCUT2D eigenvalue weighted by atomic mass is 32.2. The van der Waals surface area contributed by atoms with Crippen LogP contribution in [0.15, 0.2) is 141 Å². The Labute approximate surface area is 711 Å². The summed E-state index contributed by atoms with van der Waals surface area (Å²) >= 11 is 6.22. The standard InChI is InChI=1S/2C29H33N9O2S.C26H33N9OS2/c1-19-4-3-9-36(14-19)17-23-10-27(41-35-23)34-28-29-31-13-25(38(29)15-20(2)33-28)22-12-32-37(16-22)18-26(40)30-11-21-5-7-24(39)8-6-21;1-19-6-5-9-36(14-19)17-23-10-27(41-35-23)34-28-29-31-13-24(38(29)15-20(2)33-28)22-12-32-37(16-22)18-26(40)30-11-21-7-3-4-8-25(21)39;1-18-4-3-5-32(13-18)16-21-10-23(38-31-21)30-25-26-27-12-22(35(26)14-19(2)29-25)20-11-28-34(15-20)17-24(36)33-6-8-37-9-7-33/h5-8,10,12-13,15-16,19,39H,3-4,9,11,14,17-18H2,1-2H3,(H,30,40)(H,33,34);3-4,7-8,10,12-13,15-16,19,39H,5-6,9,11,14,17-18H2,1-2H3,(H,30,40)(H,33,34);10-12,14-15,18H,3-9,13,16-17H2,1-2H3,(H,29,30). The maximum Gasteiger partial charge on any atom is 0.244 e. The van der Waals surface area contributed by atoms with Gasteiger partial charge >= 0.3 is 0 Å². The number of carbonyl (C=O) groups is 3. The molecule has 4 aliphatic heterocycles. The Bertz CT molecular complexity index is 5870. The summed E-state index contributed by atoms with van der Waals surface area (Å²) in [6, 6.07) is 20.0. The maximum atomic E-state index is 12.7. The van der Waals surface area contributed by atoms with E-state index in [1.165, 1.54) is 73.1 Å². The zero-order valence-electron chi connectivity index (χ0n) is 68.1. The van der Waals surface area contributed by atoms with E-state index in [0.29, 0.717) is 40.9 Å². The minimum absolute atomic E-state index is 0.0573. The predicted octanol–water partition coefficient (Wildman–Crippen LogP) is 12.6. The molecule has 14 aromatic rings. The Morgan fingerprint density at radius 1 is 0.467 bits per heavy atom. The van der Waals surface area contributed by atoms with Gasteiger partial charge in [-0.25, -0.2) is 29.9 Å². The highest BCUT2D eigenvalue weighted by molar-refractivity contribution is 7.99. The molecule has 120 heavy (non-hydrogen) atoms. The molecule has 0 aliphatic carbocycles. The first-order chi connectivity index (χ1) is 58.3. The second kappa shape index (κ2) is 37.8. The van der Waals surface area contributed by atoms with Crippen LogP contribution in [0.4, 0.5) is 32.5 Å². The number of benzene rings is 2. The molecule has 7 N–H and O–H groups in total. The number of carbonyl (C=O) groups excluding carboxylic acids is 3. The SMILES string of the molecule is Cc1cn2c(-c3cnn(CC(=O)N4CCSCC4)c3)cnc2c(Nc2cc(CN3CCCC(C)C3)ns2)n1.Cc1cn2c(-c3cnn(CC(=O)NCc4ccc(O)cc4)c3)cnc2c(Nc2cc(CN3CCCC(C)C3)ns2)n1.Cc1cn2c(-c3cnn(CC(=O)NCc4ccccc4O)c3)cnc2c(Nc2cc(CN3CCCC(C)C3)ns2)n1. The van der Waals surface area contributed by atoms with Crippen molar-refractivity contribution in [3.63, 3.8) is 0 Å². The number of amides is 3. The topological polar surface area (TPSA) is 347 Å². The minimum atomic E-state index is -0.202. The van der Waals surface area contributed by atoms with Crippen LogP contribution in [-0.2, 0) is 66.7 Å². The molecule has 12 aromatic heterocycles. The number of aryl methyl sites for hydroxylation is 3. The van der Waals surface area contributed by atoms with E-state index in [4.69, 9.17) is 15.0 Å². The number of hydrogen-bond acceptors (Lipinski definition) is 27. The number of anilines is 6. The summed E-state index contributed by atoms with van der Waals surface area (Å²) in [5.74, 6) is 6.36. The highest BCUT2D eigenvalue weighted by Gasteiger charge is 2.26. The van der Waals surface area contributed by atoms with Gasteiger partial charge in [0.25, 0.3) is 0 Å². The van der Waals surface area contributed by atoms with E-state index >= 15 is 0 Å². The third kappa shape index (κ3) is 20.8. The summed E-state index contributed by atoms with van der Waals surface area (Å²) in [6.07, 6.45) is 29.8. The summed E-state index contributed by atoms with van der Waals surface area (Å²) < 4.78 is 25.0. The quantitative estimate of drug-likeness (QED) is 0.0279. The van der Waals surface area contributed by atoms with Crippen LogP contribution >= 0.6 is 46.4 Å². The lowest BCUT2D eigenvalue weighted by Gasteiger charge is -2.30. The summed E-state index contributed by atoms with van der Waals surface area (Å²) in [5.41, 5.74) is 14.7. The van der Waals surface area contributed by atoms with Crippen LogP contribution in [0, 0.1) is 38.5 Å². The van der Waals surface area contributed by atoms with E-state index in [-0.39, 0.29) is 55.4 Å². The molecule has 32 nitrogen and oxygen atoms in total. The van der Waals surface area contributed by atoms with E-state index in [2.05, 4.69) is 124 Å². The van der Waals surface area contributed by atoms with Crippen molar-refractivity contribution in [2.24, 2.45) is 17.8 Å². The maximum absolute atomic E-state index is 12.7. The van der Waals surface area contributed by atoms with Crippen LogP contribution in [0.25, 0.3) is 50.7 Å². The number of phenolic OH excluding ortho intramolecular Hbond substituents is 2. The molecule has 4 fully saturated rings. The summed E-state index contributed by atoms with van der Waals surface area (Å²) in [5, 5.41) is 51.4. The zero-order valence-corrected chi connectivity index (χ0v) is 71.3. The number of phenols is 2. The molecule has 18 rings (SSSR count). The Hall–Kier alpha value is -11.5. The van der Waals surface area contributed by atoms with Gasteiger partial charge < -0.3 is 41.7 Å². The van der Waals surface area contributed by atoms with E-state index in [9.17, 15) is 24.6 Å². The fraction of sp³-hybridized carbons (Fsp3) is 0.393. The van der Waals surface area contributed by atoms with E-state index < -0.39 is 0 Å². The van der Waals surface area contributed by atoms with Crippen molar-refractivity contribution in [3.05, 3.63) is 186 Å². The Morgan fingerprint density at radius 3 is 1.26 bits per heavy atom. The van der Waals surface area contributed by atoms with Crippen LogP contribution in [0.1, 0.15) is 105 Å². The molecule has 0 saturated carbocycles. The van der Waals surface area contributed by atoms with Gasteiger partial charge in [-0.1, -0.05) is 51.1 Å². The summed E-state index contributed by atoms with van der Waals surface area (Å²) in [7, 11) is 0. The molecular formula is C84H99N27O5S4. The van der Waals surface area contributed by atoms with E-state index in [0.717, 1.165) is 195 Å². The van der Waals surface area contributed by atoms with Gasteiger partial charge in [-0.15, -0.1) is 0 Å². The summed E-state index contributed by atoms with van der Waals surface area (Å²) in [6.45, 7) is 24.9.